The van der Waals surface area contributed by atoms with E-state index in [1.54, 1.807) is 29.2 Å². The number of nitrogens with one attached hydrogen (secondary N) is 3. The van der Waals surface area contributed by atoms with Gasteiger partial charge < -0.3 is 20.7 Å². The van der Waals surface area contributed by atoms with Gasteiger partial charge in [0.1, 0.15) is 0 Å². The van der Waals surface area contributed by atoms with E-state index in [-0.39, 0.29) is 24.7 Å². The molecule has 37 heavy (non-hydrogen) atoms. The molecule has 0 unspecified atom stereocenters. The highest BCUT2D eigenvalue weighted by atomic mass is 16.3. The first-order chi connectivity index (χ1) is 18.0. The van der Waals surface area contributed by atoms with Gasteiger partial charge in [0, 0.05) is 47.9 Å². The van der Waals surface area contributed by atoms with Gasteiger partial charge >= 0.3 is 0 Å². The number of Topliss-reactive ketones (excluding diaryl/α,β-unsaturated/α-hetero) is 1. The normalized spacial score (nSPS) is 13.5. The van der Waals surface area contributed by atoms with Crippen molar-refractivity contribution in [1.82, 2.24) is 25.4 Å². The summed E-state index contributed by atoms with van der Waals surface area (Å²) in [5.41, 5.74) is 6.59. The Balaban J connectivity index is 1.28. The number of nitrogens with zero attached hydrogens (tertiary/aromatic N) is 2. The van der Waals surface area contributed by atoms with Gasteiger partial charge in [0.2, 0.25) is 0 Å². The van der Waals surface area contributed by atoms with Crippen LogP contribution in [0.15, 0.2) is 78.8 Å². The second-order valence-corrected chi connectivity index (χ2v) is 9.22. The second kappa shape index (κ2) is 10.8. The van der Waals surface area contributed by atoms with E-state index in [0.717, 1.165) is 22.0 Å². The van der Waals surface area contributed by atoms with E-state index < -0.39 is 0 Å². The maximum atomic E-state index is 12.9. The molecule has 5 rings (SSSR count). The zero-order valence-electron chi connectivity index (χ0n) is 20.6. The third-order valence-corrected chi connectivity index (χ3v) is 6.32. The molecule has 8 heteroatoms. The fourth-order valence-electron chi connectivity index (χ4n) is 4.32. The molecule has 0 aliphatic heterocycles. The predicted molar refractivity (Wildman–Crippen MR) is 143 cm³/mol. The number of ketones is 1. The zero-order valence-corrected chi connectivity index (χ0v) is 20.6. The standard InChI is InChI=1S/C29H29N5O3/c1-19-2-4-20(5-3-19)17-34-18-23(16-31-34)29(37)32-24-7-9-28(36)25(14-24)27-13-22-12-21(15-30-10-11-35)6-8-26(22)33-27/h2-8,12-14,16,18,30,33,35H,9-11,15,17H2,1H3,(H,32,37). The van der Waals surface area contributed by atoms with E-state index in [1.807, 2.05) is 37.3 Å². The average Bonchev–Trinajstić information content (AvgIpc) is 3.54. The number of aromatic amines is 1. The van der Waals surface area contributed by atoms with Crippen LogP contribution in [0.5, 0.6) is 0 Å². The second-order valence-electron chi connectivity index (χ2n) is 9.22. The minimum Gasteiger partial charge on any atom is -0.395 e. The lowest BCUT2D eigenvalue weighted by Gasteiger charge is -2.13. The van der Waals surface area contributed by atoms with Crippen LogP contribution in [0, 0.1) is 6.92 Å². The molecule has 188 valence electrons. The van der Waals surface area contributed by atoms with Gasteiger partial charge in [-0.1, -0.05) is 42.0 Å². The van der Waals surface area contributed by atoms with Crippen molar-refractivity contribution in [2.24, 2.45) is 0 Å². The number of carbonyl (C=O) groups is 2. The van der Waals surface area contributed by atoms with Crippen molar-refractivity contribution in [1.29, 1.82) is 0 Å². The number of H-pyrrole nitrogens is 1. The van der Waals surface area contributed by atoms with E-state index in [9.17, 15) is 9.59 Å². The van der Waals surface area contributed by atoms with Crippen LogP contribution >= 0.6 is 0 Å². The molecule has 1 aliphatic rings. The summed E-state index contributed by atoms with van der Waals surface area (Å²) in [6.45, 7) is 3.90. The Bertz CT molecular complexity index is 1510. The number of carbonyl (C=O) groups excluding carboxylic acids is 2. The van der Waals surface area contributed by atoms with Crippen LogP contribution in [0.2, 0.25) is 0 Å². The van der Waals surface area contributed by atoms with Crippen LogP contribution < -0.4 is 10.6 Å². The Morgan fingerprint density at radius 1 is 1.14 bits per heavy atom. The number of rotatable bonds is 9. The molecule has 1 aliphatic carbocycles. The highest BCUT2D eigenvalue weighted by Gasteiger charge is 2.20. The Hall–Kier alpha value is -4.27. The Labute approximate surface area is 214 Å². The fourth-order valence-corrected chi connectivity index (χ4v) is 4.32. The summed E-state index contributed by atoms with van der Waals surface area (Å²) >= 11 is 0. The lowest BCUT2D eigenvalue weighted by atomic mass is 9.98. The average molecular weight is 496 g/mol. The molecule has 0 fully saturated rings. The summed E-state index contributed by atoms with van der Waals surface area (Å²) in [5.74, 6) is -0.289. The minimum atomic E-state index is -0.275. The maximum absolute atomic E-state index is 12.9. The highest BCUT2D eigenvalue weighted by Crippen LogP contribution is 2.27. The highest BCUT2D eigenvalue weighted by molar-refractivity contribution is 6.23. The molecule has 4 N–H and O–H groups in total. The van der Waals surface area contributed by atoms with Crippen molar-refractivity contribution in [2.75, 3.05) is 13.2 Å². The van der Waals surface area contributed by atoms with E-state index in [4.69, 9.17) is 5.11 Å². The van der Waals surface area contributed by atoms with Crippen LogP contribution in [0.1, 0.15) is 39.2 Å². The zero-order chi connectivity index (χ0) is 25.8. The van der Waals surface area contributed by atoms with Crippen molar-refractivity contribution in [3.8, 4) is 0 Å². The van der Waals surface area contributed by atoms with Crippen LogP contribution in [0.4, 0.5) is 0 Å². The summed E-state index contributed by atoms with van der Waals surface area (Å²) in [6.07, 6.45) is 6.93. The van der Waals surface area contributed by atoms with E-state index in [2.05, 4.69) is 38.9 Å². The number of benzene rings is 2. The molecule has 0 bridgehead atoms. The van der Waals surface area contributed by atoms with Gasteiger partial charge in [-0.15, -0.1) is 0 Å². The van der Waals surface area contributed by atoms with Gasteiger partial charge in [0.15, 0.2) is 5.78 Å². The quantitative estimate of drug-likeness (QED) is 0.266. The lowest BCUT2D eigenvalue weighted by Crippen LogP contribution is -2.23. The molecule has 1 amide bonds. The van der Waals surface area contributed by atoms with Crippen LogP contribution in [-0.4, -0.2) is 44.7 Å². The number of aryl methyl sites for hydroxylation is 1. The Morgan fingerprint density at radius 3 is 2.76 bits per heavy atom. The molecule has 8 nitrogen and oxygen atoms in total. The molecule has 0 radical (unpaired) electrons. The lowest BCUT2D eigenvalue weighted by molar-refractivity contribution is -0.113. The number of aliphatic hydroxyl groups is 1. The summed E-state index contributed by atoms with van der Waals surface area (Å²) in [5, 5.41) is 20.3. The van der Waals surface area contributed by atoms with E-state index >= 15 is 0 Å². The van der Waals surface area contributed by atoms with E-state index in [1.165, 1.54) is 5.56 Å². The van der Waals surface area contributed by atoms with Crippen LogP contribution in [0.3, 0.4) is 0 Å². The maximum Gasteiger partial charge on any atom is 0.258 e. The number of allylic oxidation sites excluding steroid dienone is 3. The van der Waals surface area contributed by atoms with Gasteiger partial charge in [-0.05, 0) is 42.3 Å². The first-order valence-corrected chi connectivity index (χ1v) is 12.3. The summed E-state index contributed by atoms with van der Waals surface area (Å²) in [6, 6.07) is 16.2. The topological polar surface area (TPSA) is 112 Å². The molecule has 4 aromatic rings. The molecule has 0 saturated heterocycles. The SMILES string of the molecule is Cc1ccc(Cn2cc(C(=O)NC3=CCC(=O)C(c4cc5cc(CNCCO)ccc5[nH]4)=C3)cn2)cc1. The fraction of sp³-hybridized carbons (Fsp3) is 0.207. The van der Waals surface area contributed by atoms with Gasteiger partial charge in [-0.3, -0.25) is 14.3 Å². The molecular formula is C29H29N5O3. The number of hydrogen-bond acceptors (Lipinski definition) is 5. The van der Waals surface area contributed by atoms with Crippen molar-refractivity contribution in [3.05, 3.63) is 107 Å². The number of amides is 1. The molecule has 0 spiro atoms. The van der Waals surface area contributed by atoms with Crippen molar-refractivity contribution >= 4 is 28.2 Å². The van der Waals surface area contributed by atoms with Crippen molar-refractivity contribution < 1.29 is 14.7 Å². The number of aromatic nitrogens is 3. The Kier molecular flexibility index (Phi) is 7.11. The summed E-state index contributed by atoms with van der Waals surface area (Å²) < 4.78 is 1.73. The van der Waals surface area contributed by atoms with Crippen LogP contribution in [-0.2, 0) is 17.9 Å². The smallest absolute Gasteiger partial charge is 0.258 e. The molecule has 2 aromatic heterocycles. The third-order valence-electron chi connectivity index (χ3n) is 6.32. The first-order valence-electron chi connectivity index (χ1n) is 12.3. The van der Waals surface area contributed by atoms with Gasteiger partial charge in [-0.2, -0.15) is 5.10 Å². The van der Waals surface area contributed by atoms with Crippen LogP contribution in [0.25, 0.3) is 16.5 Å². The monoisotopic (exact) mass is 495 g/mol. The predicted octanol–water partition coefficient (Wildman–Crippen LogP) is 3.47. The molecular weight excluding hydrogens is 466 g/mol. The minimum absolute atomic E-state index is 0.0136. The van der Waals surface area contributed by atoms with E-state index in [0.29, 0.717) is 42.2 Å². The number of fused-ring (bicyclic) bond motifs is 1. The summed E-state index contributed by atoms with van der Waals surface area (Å²) in [4.78, 5) is 28.9. The molecule has 2 aromatic carbocycles. The Morgan fingerprint density at radius 2 is 1.95 bits per heavy atom. The van der Waals surface area contributed by atoms with Crippen molar-refractivity contribution in [2.45, 2.75) is 26.4 Å². The van der Waals surface area contributed by atoms with Gasteiger partial charge in [0.05, 0.1) is 30.6 Å². The largest absolute Gasteiger partial charge is 0.395 e. The molecule has 0 saturated carbocycles. The number of aliphatic hydroxyl groups excluding tert-OH is 1. The third kappa shape index (κ3) is 5.77. The van der Waals surface area contributed by atoms with Crippen molar-refractivity contribution in [3.63, 3.8) is 0 Å². The van der Waals surface area contributed by atoms with Gasteiger partial charge in [0.25, 0.3) is 5.91 Å². The molecule has 2 heterocycles. The summed E-state index contributed by atoms with van der Waals surface area (Å²) in [7, 11) is 0. The first kappa shape index (κ1) is 24.4. The van der Waals surface area contributed by atoms with Gasteiger partial charge in [-0.25, -0.2) is 0 Å². The molecule has 0 atom stereocenters. The number of hydrogen-bond donors (Lipinski definition) is 4.